The van der Waals surface area contributed by atoms with E-state index in [0.29, 0.717) is 16.8 Å². The Labute approximate surface area is 184 Å². The Morgan fingerprint density at radius 2 is 1.45 bits per heavy atom. The minimum atomic E-state index is -3.85. The molecule has 162 valence electrons. The van der Waals surface area contributed by atoms with E-state index in [0.717, 1.165) is 22.3 Å². The number of aryl methyl sites for hydroxylation is 4. The first-order valence-electron chi connectivity index (χ1n) is 10.1. The zero-order valence-electron chi connectivity index (χ0n) is 18.5. The van der Waals surface area contributed by atoms with E-state index in [1.807, 2.05) is 58.0 Å². The second kappa shape index (κ2) is 8.94. The fourth-order valence-electron chi connectivity index (χ4n) is 3.26. The van der Waals surface area contributed by atoms with Crippen LogP contribution in [-0.2, 0) is 10.0 Å². The molecule has 0 saturated heterocycles. The molecule has 3 aromatic rings. The van der Waals surface area contributed by atoms with Crippen LogP contribution < -0.4 is 10.0 Å². The first kappa shape index (κ1) is 22.6. The van der Waals surface area contributed by atoms with Gasteiger partial charge in [-0.15, -0.1) is 0 Å². The maximum Gasteiger partial charge on any atom is 0.262 e. The SMILES string of the molecule is Cc1ccc([C@H](C)NC(=O)c2ccc(C)c(S(=O)(=O)Nc3ccc(C)c(C)c3)c2)cc1. The van der Waals surface area contributed by atoms with E-state index in [9.17, 15) is 13.2 Å². The lowest BCUT2D eigenvalue weighted by atomic mass is 10.1. The fourth-order valence-corrected chi connectivity index (χ4v) is 4.59. The molecule has 0 bridgehead atoms. The van der Waals surface area contributed by atoms with Crippen LogP contribution >= 0.6 is 0 Å². The largest absolute Gasteiger partial charge is 0.346 e. The number of anilines is 1. The van der Waals surface area contributed by atoms with E-state index >= 15 is 0 Å². The van der Waals surface area contributed by atoms with Gasteiger partial charge >= 0.3 is 0 Å². The minimum absolute atomic E-state index is 0.0846. The quantitative estimate of drug-likeness (QED) is 0.557. The molecule has 31 heavy (non-hydrogen) atoms. The lowest BCUT2D eigenvalue weighted by Crippen LogP contribution is -2.27. The van der Waals surface area contributed by atoms with E-state index in [4.69, 9.17) is 0 Å². The first-order chi connectivity index (χ1) is 14.6. The smallest absolute Gasteiger partial charge is 0.262 e. The van der Waals surface area contributed by atoms with Crippen LogP contribution in [0.4, 0.5) is 5.69 Å². The number of benzene rings is 3. The van der Waals surface area contributed by atoms with Crippen LogP contribution in [-0.4, -0.2) is 14.3 Å². The molecule has 0 spiro atoms. The molecule has 3 rings (SSSR count). The molecule has 0 aliphatic carbocycles. The fraction of sp³-hybridized carbons (Fsp3) is 0.240. The number of amides is 1. The summed E-state index contributed by atoms with van der Waals surface area (Å²) < 4.78 is 28.7. The second-order valence-electron chi connectivity index (χ2n) is 7.99. The highest BCUT2D eigenvalue weighted by atomic mass is 32.2. The third-order valence-corrected chi connectivity index (χ3v) is 6.95. The van der Waals surface area contributed by atoms with Gasteiger partial charge in [0.25, 0.3) is 15.9 Å². The average Bonchev–Trinajstić information content (AvgIpc) is 2.71. The Kier molecular flexibility index (Phi) is 6.51. The van der Waals surface area contributed by atoms with Crippen LogP contribution in [0, 0.1) is 27.7 Å². The molecule has 0 fully saturated rings. The Balaban J connectivity index is 1.83. The second-order valence-corrected chi connectivity index (χ2v) is 9.64. The molecule has 0 saturated carbocycles. The predicted molar refractivity (Wildman–Crippen MR) is 125 cm³/mol. The molecule has 5 nitrogen and oxygen atoms in total. The third kappa shape index (κ3) is 5.33. The summed E-state index contributed by atoms with van der Waals surface area (Å²) in [6.45, 7) is 9.52. The van der Waals surface area contributed by atoms with Gasteiger partial charge in [-0.3, -0.25) is 9.52 Å². The zero-order valence-corrected chi connectivity index (χ0v) is 19.3. The van der Waals surface area contributed by atoms with Crippen LogP contribution in [0.5, 0.6) is 0 Å². The number of nitrogens with one attached hydrogen (secondary N) is 2. The normalized spacial score (nSPS) is 12.3. The molecular weight excluding hydrogens is 408 g/mol. The van der Waals surface area contributed by atoms with Gasteiger partial charge in [-0.05, 0) is 81.1 Å². The van der Waals surface area contributed by atoms with Gasteiger partial charge in [-0.2, -0.15) is 0 Å². The molecule has 1 atom stereocenters. The van der Waals surface area contributed by atoms with Crippen molar-refractivity contribution in [2.75, 3.05) is 4.72 Å². The molecular formula is C25H28N2O3S. The predicted octanol–water partition coefficient (Wildman–Crippen LogP) is 5.21. The van der Waals surface area contributed by atoms with Gasteiger partial charge < -0.3 is 5.32 Å². The zero-order chi connectivity index (χ0) is 22.8. The topological polar surface area (TPSA) is 75.3 Å². The Morgan fingerprint density at radius 3 is 2.10 bits per heavy atom. The van der Waals surface area contributed by atoms with Crippen LogP contribution in [0.25, 0.3) is 0 Å². The van der Waals surface area contributed by atoms with Crippen molar-refractivity contribution < 1.29 is 13.2 Å². The molecule has 1 amide bonds. The van der Waals surface area contributed by atoms with E-state index in [1.54, 1.807) is 31.2 Å². The molecule has 6 heteroatoms. The summed E-state index contributed by atoms with van der Waals surface area (Å²) in [6, 6.07) is 17.8. The lowest BCUT2D eigenvalue weighted by Gasteiger charge is -2.16. The molecule has 3 aromatic carbocycles. The van der Waals surface area contributed by atoms with Crippen molar-refractivity contribution in [3.63, 3.8) is 0 Å². The Morgan fingerprint density at radius 1 is 0.806 bits per heavy atom. The van der Waals surface area contributed by atoms with Gasteiger partial charge in [0.1, 0.15) is 0 Å². The monoisotopic (exact) mass is 436 g/mol. The molecule has 0 aliphatic rings. The third-order valence-electron chi connectivity index (χ3n) is 5.42. The highest BCUT2D eigenvalue weighted by molar-refractivity contribution is 7.92. The maximum absolute atomic E-state index is 13.0. The van der Waals surface area contributed by atoms with Crippen LogP contribution in [0.15, 0.2) is 65.6 Å². The first-order valence-corrected chi connectivity index (χ1v) is 11.6. The summed E-state index contributed by atoms with van der Waals surface area (Å²) >= 11 is 0. The lowest BCUT2D eigenvalue weighted by molar-refractivity contribution is 0.0939. The van der Waals surface area contributed by atoms with Gasteiger partial charge in [-0.25, -0.2) is 8.42 Å². The summed E-state index contributed by atoms with van der Waals surface area (Å²) in [5.41, 5.74) is 5.56. The maximum atomic E-state index is 13.0. The molecule has 2 N–H and O–H groups in total. The van der Waals surface area contributed by atoms with Crippen molar-refractivity contribution in [3.8, 4) is 0 Å². The Bertz CT molecular complexity index is 1220. The van der Waals surface area contributed by atoms with E-state index in [1.165, 1.54) is 6.07 Å². The minimum Gasteiger partial charge on any atom is -0.346 e. The highest BCUT2D eigenvalue weighted by Crippen LogP contribution is 2.23. The Hall–Kier alpha value is -3.12. The molecule has 0 radical (unpaired) electrons. The van der Waals surface area contributed by atoms with E-state index < -0.39 is 10.0 Å². The number of hydrogen-bond donors (Lipinski definition) is 2. The molecule has 0 unspecified atom stereocenters. The highest BCUT2D eigenvalue weighted by Gasteiger charge is 2.20. The van der Waals surface area contributed by atoms with Crippen LogP contribution in [0.2, 0.25) is 0 Å². The van der Waals surface area contributed by atoms with Crippen LogP contribution in [0.3, 0.4) is 0 Å². The molecule has 0 aromatic heterocycles. The van der Waals surface area contributed by atoms with Crippen molar-refractivity contribution in [1.29, 1.82) is 0 Å². The van der Waals surface area contributed by atoms with Gasteiger partial charge in [0.15, 0.2) is 0 Å². The summed E-state index contributed by atoms with van der Waals surface area (Å²) in [4.78, 5) is 12.9. The van der Waals surface area contributed by atoms with Crippen molar-refractivity contribution in [2.45, 2.75) is 45.6 Å². The van der Waals surface area contributed by atoms with Crippen molar-refractivity contribution in [1.82, 2.24) is 5.32 Å². The van der Waals surface area contributed by atoms with Crippen molar-refractivity contribution in [2.24, 2.45) is 0 Å². The summed E-state index contributed by atoms with van der Waals surface area (Å²) in [5.74, 6) is -0.323. The number of hydrogen-bond acceptors (Lipinski definition) is 3. The number of carbonyl (C=O) groups is 1. The standard InChI is InChI=1S/C25H28N2O3S/c1-16-6-10-21(11-7-16)20(5)26-25(28)22-12-8-18(3)24(15-22)31(29,30)27-23-13-9-17(2)19(4)14-23/h6-15,20,27H,1-5H3,(H,26,28)/t20-/m0/s1. The number of rotatable bonds is 6. The van der Waals surface area contributed by atoms with Crippen molar-refractivity contribution >= 4 is 21.6 Å². The van der Waals surface area contributed by atoms with Crippen LogP contribution in [0.1, 0.15) is 51.1 Å². The average molecular weight is 437 g/mol. The van der Waals surface area contributed by atoms with E-state index in [-0.39, 0.29) is 16.8 Å². The summed E-state index contributed by atoms with van der Waals surface area (Å²) in [7, 11) is -3.85. The summed E-state index contributed by atoms with van der Waals surface area (Å²) in [5, 5.41) is 2.94. The van der Waals surface area contributed by atoms with Gasteiger partial charge in [0.2, 0.25) is 0 Å². The summed E-state index contributed by atoms with van der Waals surface area (Å²) in [6.07, 6.45) is 0. The number of sulfonamides is 1. The van der Waals surface area contributed by atoms with Gasteiger partial charge in [-0.1, -0.05) is 42.0 Å². The molecule has 0 heterocycles. The number of carbonyl (C=O) groups excluding carboxylic acids is 1. The molecule has 0 aliphatic heterocycles. The van der Waals surface area contributed by atoms with Gasteiger partial charge in [0.05, 0.1) is 10.9 Å². The van der Waals surface area contributed by atoms with E-state index in [2.05, 4.69) is 10.0 Å². The van der Waals surface area contributed by atoms with Crippen molar-refractivity contribution in [3.05, 3.63) is 94.0 Å². The van der Waals surface area contributed by atoms with Gasteiger partial charge in [0, 0.05) is 11.3 Å².